The van der Waals surface area contributed by atoms with E-state index in [0.29, 0.717) is 35.5 Å². The number of aromatic amines is 1. The van der Waals surface area contributed by atoms with E-state index in [2.05, 4.69) is 25.8 Å². The number of nitrogens with zero attached hydrogens (tertiary/aromatic N) is 4. The lowest BCUT2D eigenvalue weighted by Crippen LogP contribution is -2.29. The van der Waals surface area contributed by atoms with Gasteiger partial charge in [0, 0.05) is 23.4 Å². The number of rotatable bonds is 3. The maximum absolute atomic E-state index is 12.6. The Morgan fingerprint density at radius 2 is 2.11 bits per heavy atom. The fraction of sp³-hybridized carbons (Fsp3) is 0.222. The number of pyridine rings is 1. The van der Waals surface area contributed by atoms with Crippen molar-refractivity contribution in [1.29, 1.82) is 0 Å². The third kappa shape index (κ3) is 3.26. The maximum atomic E-state index is 12.6. The van der Waals surface area contributed by atoms with E-state index in [1.807, 2.05) is 6.92 Å². The summed E-state index contributed by atoms with van der Waals surface area (Å²) in [6.07, 6.45) is 2.46. The average Bonchev–Trinajstić information content (AvgIpc) is 3.16. The van der Waals surface area contributed by atoms with Gasteiger partial charge in [0.05, 0.1) is 5.69 Å². The van der Waals surface area contributed by atoms with E-state index < -0.39 is 11.5 Å². The van der Waals surface area contributed by atoms with E-state index in [-0.39, 0.29) is 17.3 Å². The molecule has 136 valence electrons. The highest BCUT2D eigenvalue weighted by Crippen LogP contribution is 2.23. The van der Waals surface area contributed by atoms with Gasteiger partial charge in [-0.05, 0) is 47.0 Å². The predicted molar refractivity (Wildman–Crippen MR) is 96.0 cm³/mol. The first kappa shape index (κ1) is 16.8. The number of carbonyl (C=O) groups excluding carboxylic acids is 2. The van der Waals surface area contributed by atoms with Crippen molar-refractivity contribution in [1.82, 2.24) is 25.2 Å². The molecule has 0 spiro atoms. The Hall–Kier alpha value is -3.62. The summed E-state index contributed by atoms with van der Waals surface area (Å²) in [5.41, 5.74) is 1.54. The van der Waals surface area contributed by atoms with E-state index >= 15 is 0 Å². The number of hydrogen-bond acceptors (Lipinski definition) is 6. The third-order valence-electron chi connectivity index (χ3n) is 4.47. The fourth-order valence-corrected chi connectivity index (χ4v) is 3.20. The Morgan fingerprint density at radius 3 is 2.89 bits per heavy atom. The van der Waals surface area contributed by atoms with Gasteiger partial charge in [-0.2, -0.15) is 0 Å². The molecule has 1 unspecified atom stereocenters. The molecule has 1 aliphatic rings. The summed E-state index contributed by atoms with van der Waals surface area (Å²) in [7, 11) is 0. The summed E-state index contributed by atoms with van der Waals surface area (Å²) in [4.78, 5) is 39.9. The van der Waals surface area contributed by atoms with Gasteiger partial charge >= 0.3 is 0 Å². The third-order valence-corrected chi connectivity index (χ3v) is 4.47. The molecule has 0 aliphatic heterocycles. The average molecular weight is 364 g/mol. The van der Waals surface area contributed by atoms with Crippen molar-refractivity contribution in [2.24, 2.45) is 5.92 Å². The van der Waals surface area contributed by atoms with Crippen LogP contribution < -0.4 is 10.9 Å². The molecule has 0 saturated carbocycles. The van der Waals surface area contributed by atoms with E-state index in [0.717, 1.165) is 0 Å². The van der Waals surface area contributed by atoms with Crippen LogP contribution in [-0.4, -0.2) is 36.9 Å². The van der Waals surface area contributed by atoms with E-state index in [1.165, 1.54) is 17.1 Å². The number of nitrogens with one attached hydrogen (secondary N) is 2. The van der Waals surface area contributed by atoms with Crippen LogP contribution in [0, 0.1) is 5.92 Å². The van der Waals surface area contributed by atoms with Gasteiger partial charge in [-0.15, -0.1) is 5.10 Å². The first-order valence-electron chi connectivity index (χ1n) is 8.45. The van der Waals surface area contributed by atoms with Gasteiger partial charge in [0.2, 0.25) is 0 Å². The quantitative estimate of drug-likeness (QED) is 0.724. The number of aromatic nitrogens is 5. The zero-order valence-corrected chi connectivity index (χ0v) is 14.5. The van der Waals surface area contributed by atoms with Crippen LogP contribution in [0.2, 0.25) is 0 Å². The number of anilines is 1. The largest absolute Gasteiger partial charge is 0.325 e. The standard InChI is InChI=1S/C18H16N6O3/c1-10-5-15-13(16(25)6-10)8-14(18(27)21-15)17(26)20-11-3-2-4-12(7-11)24-9-19-22-23-24/h2-4,7-10H,5-6H2,1H3,(H,20,26)(H,21,27). The number of Topliss-reactive ketones (excluding diaryl/α,β-unsaturated/α-hetero) is 1. The lowest BCUT2D eigenvalue weighted by Gasteiger charge is -2.20. The molecule has 27 heavy (non-hydrogen) atoms. The second kappa shape index (κ2) is 6.60. The molecule has 0 saturated heterocycles. The molecular weight excluding hydrogens is 348 g/mol. The van der Waals surface area contributed by atoms with Crippen molar-refractivity contribution in [3.05, 3.63) is 63.8 Å². The number of tetrazole rings is 1. The number of fused-ring (bicyclic) bond motifs is 1. The van der Waals surface area contributed by atoms with Crippen LogP contribution in [-0.2, 0) is 6.42 Å². The smallest absolute Gasteiger partial charge is 0.261 e. The summed E-state index contributed by atoms with van der Waals surface area (Å²) in [5.74, 6) is -0.469. The predicted octanol–water partition coefficient (Wildman–Crippen LogP) is 1.37. The number of hydrogen-bond donors (Lipinski definition) is 2. The van der Waals surface area contributed by atoms with Crippen LogP contribution in [0.5, 0.6) is 0 Å². The van der Waals surface area contributed by atoms with Gasteiger partial charge < -0.3 is 10.3 Å². The van der Waals surface area contributed by atoms with Crippen molar-refractivity contribution in [3.63, 3.8) is 0 Å². The summed E-state index contributed by atoms with van der Waals surface area (Å²) in [5, 5.41) is 13.6. The number of carbonyl (C=O) groups is 2. The summed E-state index contributed by atoms with van der Waals surface area (Å²) >= 11 is 0. The van der Waals surface area contributed by atoms with Crippen LogP contribution in [0.15, 0.2) is 41.5 Å². The van der Waals surface area contributed by atoms with Gasteiger partial charge in [0.25, 0.3) is 11.5 Å². The lowest BCUT2D eigenvalue weighted by atomic mass is 9.86. The Morgan fingerprint density at radius 1 is 1.26 bits per heavy atom. The molecule has 9 nitrogen and oxygen atoms in total. The van der Waals surface area contributed by atoms with Gasteiger partial charge in [-0.25, -0.2) is 4.68 Å². The zero-order chi connectivity index (χ0) is 19.0. The number of ketones is 1. The molecule has 4 rings (SSSR count). The molecule has 2 aromatic heterocycles. The van der Waals surface area contributed by atoms with Crippen molar-refractivity contribution in [3.8, 4) is 5.69 Å². The van der Waals surface area contributed by atoms with Crippen LogP contribution in [0.1, 0.15) is 39.8 Å². The second-order valence-electron chi connectivity index (χ2n) is 6.60. The van der Waals surface area contributed by atoms with Crippen molar-refractivity contribution >= 4 is 17.4 Å². The normalized spacial score (nSPS) is 16.0. The minimum absolute atomic E-state index is 0.0604. The highest BCUT2D eigenvalue weighted by Gasteiger charge is 2.25. The van der Waals surface area contributed by atoms with Crippen molar-refractivity contribution in [2.75, 3.05) is 5.32 Å². The highest BCUT2D eigenvalue weighted by atomic mass is 16.2. The molecule has 0 bridgehead atoms. The Kier molecular flexibility index (Phi) is 4.11. The van der Waals surface area contributed by atoms with Crippen LogP contribution >= 0.6 is 0 Å². The van der Waals surface area contributed by atoms with Gasteiger partial charge in [0.15, 0.2) is 5.78 Å². The molecule has 3 aromatic rings. The van der Waals surface area contributed by atoms with Crippen molar-refractivity contribution < 1.29 is 9.59 Å². The maximum Gasteiger partial charge on any atom is 0.261 e. The van der Waals surface area contributed by atoms with Gasteiger partial charge in [-0.1, -0.05) is 13.0 Å². The Labute approximate surface area is 153 Å². The molecule has 1 amide bonds. The van der Waals surface area contributed by atoms with Crippen LogP contribution in [0.3, 0.4) is 0 Å². The molecule has 0 fully saturated rings. The van der Waals surface area contributed by atoms with E-state index in [4.69, 9.17) is 0 Å². The molecule has 0 radical (unpaired) electrons. The second-order valence-corrected chi connectivity index (χ2v) is 6.60. The first-order valence-corrected chi connectivity index (χ1v) is 8.45. The van der Waals surface area contributed by atoms with Gasteiger partial charge in [-0.3, -0.25) is 14.4 Å². The number of amides is 1. The molecule has 2 heterocycles. The molecule has 9 heteroatoms. The summed E-state index contributed by atoms with van der Waals surface area (Å²) in [6.45, 7) is 1.96. The SMILES string of the molecule is CC1CC(=O)c2cc(C(=O)Nc3cccc(-n4cnnn4)c3)c(=O)[nH]c2C1. The summed E-state index contributed by atoms with van der Waals surface area (Å²) < 4.78 is 1.45. The van der Waals surface area contributed by atoms with E-state index in [1.54, 1.807) is 24.3 Å². The lowest BCUT2D eigenvalue weighted by molar-refractivity contribution is 0.0952. The Balaban J connectivity index is 1.63. The molecule has 1 atom stereocenters. The van der Waals surface area contributed by atoms with Crippen molar-refractivity contribution in [2.45, 2.75) is 19.8 Å². The molecular formula is C18H16N6O3. The van der Waals surface area contributed by atoms with E-state index in [9.17, 15) is 14.4 Å². The van der Waals surface area contributed by atoms with Crippen LogP contribution in [0.25, 0.3) is 5.69 Å². The monoisotopic (exact) mass is 364 g/mol. The van der Waals surface area contributed by atoms with Gasteiger partial charge in [0.1, 0.15) is 11.9 Å². The first-order chi connectivity index (χ1) is 13.0. The topological polar surface area (TPSA) is 123 Å². The zero-order valence-electron chi connectivity index (χ0n) is 14.5. The number of benzene rings is 1. The molecule has 2 N–H and O–H groups in total. The summed E-state index contributed by atoms with van der Waals surface area (Å²) in [6, 6.07) is 8.26. The fourth-order valence-electron chi connectivity index (χ4n) is 3.20. The molecule has 1 aromatic carbocycles. The minimum atomic E-state index is -0.584. The minimum Gasteiger partial charge on any atom is -0.325 e. The molecule has 1 aliphatic carbocycles. The van der Waals surface area contributed by atoms with Crippen LogP contribution in [0.4, 0.5) is 5.69 Å². The number of H-pyrrole nitrogens is 1. The Bertz CT molecular complexity index is 1090. The highest BCUT2D eigenvalue weighted by molar-refractivity contribution is 6.06.